The molecule has 0 aliphatic heterocycles. The number of tetrazole rings is 1. The standard InChI is InChI=1S/C14H9Cl3N6O/c15-9-5-11(16)13(12(17)6-9)19-20-14(24)8-1-3-10(4-2-8)23-7-18-21-22-23/h1-7,19H,(H,20,24). The van der Waals surface area contributed by atoms with Gasteiger partial charge in [0.1, 0.15) is 6.33 Å². The Morgan fingerprint density at radius 3 is 2.29 bits per heavy atom. The monoisotopic (exact) mass is 382 g/mol. The number of carbonyl (C=O) groups excluding carboxylic acids is 1. The van der Waals surface area contributed by atoms with Gasteiger partial charge in [0.15, 0.2) is 0 Å². The number of hydrazine groups is 1. The molecule has 1 aromatic heterocycles. The first-order valence-electron chi connectivity index (χ1n) is 6.59. The zero-order chi connectivity index (χ0) is 17.1. The van der Waals surface area contributed by atoms with Crippen molar-refractivity contribution >= 4 is 46.4 Å². The average molecular weight is 384 g/mol. The predicted molar refractivity (Wildman–Crippen MR) is 91.7 cm³/mol. The van der Waals surface area contributed by atoms with Crippen molar-refractivity contribution in [1.82, 2.24) is 25.6 Å². The molecule has 3 aromatic rings. The number of carbonyl (C=O) groups is 1. The molecule has 0 saturated heterocycles. The van der Waals surface area contributed by atoms with Crippen molar-refractivity contribution in [3.63, 3.8) is 0 Å². The van der Waals surface area contributed by atoms with Crippen LogP contribution in [-0.4, -0.2) is 26.1 Å². The molecular formula is C14H9Cl3N6O. The van der Waals surface area contributed by atoms with E-state index >= 15 is 0 Å². The van der Waals surface area contributed by atoms with E-state index in [1.165, 1.54) is 23.1 Å². The Morgan fingerprint density at radius 1 is 1.04 bits per heavy atom. The Kier molecular flexibility index (Phi) is 4.84. The first kappa shape index (κ1) is 16.5. The number of nitrogens with one attached hydrogen (secondary N) is 2. The van der Waals surface area contributed by atoms with Crippen LogP contribution >= 0.6 is 34.8 Å². The summed E-state index contributed by atoms with van der Waals surface area (Å²) < 4.78 is 1.48. The Bertz CT molecular complexity index is 844. The first-order chi connectivity index (χ1) is 11.5. The SMILES string of the molecule is O=C(NNc1c(Cl)cc(Cl)cc1Cl)c1ccc(-n2cnnn2)cc1. The van der Waals surface area contributed by atoms with E-state index in [1.807, 2.05) is 0 Å². The molecule has 2 N–H and O–H groups in total. The fraction of sp³-hybridized carbons (Fsp3) is 0. The van der Waals surface area contributed by atoms with Gasteiger partial charge in [-0.05, 0) is 46.8 Å². The summed E-state index contributed by atoms with van der Waals surface area (Å²) in [6.45, 7) is 0. The summed E-state index contributed by atoms with van der Waals surface area (Å²) in [5.41, 5.74) is 6.74. The van der Waals surface area contributed by atoms with Crippen molar-refractivity contribution in [2.75, 3.05) is 5.43 Å². The minimum Gasteiger partial charge on any atom is -0.295 e. The number of anilines is 1. The lowest BCUT2D eigenvalue weighted by Crippen LogP contribution is -2.29. The van der Waals surface area contributed by atoms with E-state index in [1.54, 1.807) is 24.3 Å². The minimum absolute atomic E-state index is 0.293. The van der Waals surface area contributed by atoms with E-state index in [0.29, 0.717) is 26.3 Å². The highest BCUT2D eigenvalue weighted by Crippen LogP contribution is 2.33. The van der Waals surface area contributed by atoms with Crippen LogP contribution in [0.2, 0.25) is 15.1 Å². The topological polar surface area (TPSA) is 84.7 Å². The van der Waals surface area contributed by atoms with Crippen LogP contribution in [0, 0.1) is 0 Å². The van der Waals surface area contributed by atoms with Crippen LogP contribution in [0.4, 0.5) is 5.69 Å². The van der Waals surface area contributed by atoms with Crippen LogP contribution in [0.5, 0.6) is 0 Å². The van der Waals surface area contributed by atoms with Crippen LogP contribution < -0.4 is 10.9 Å². The molecule has 3 rings (SSSR count). The van der Waals surface area contributed by atoms with Crippen molar-refractivity contribution in [3.05, 3.63) is 63.4 Å². The highest BCUT2D eigenvalue weighted by molar-refractivity contribution is 6.41. The molecule has 0 radical (unpaired) electrons. The summed E-state index contributed by atoms with van der Waals surface area (Å²) in [6, 6.07) is 9.74. The number of hydrogen-bond donors (Lipinski definition) is 2. The maximum Gasteiger partial charge on any atom is 0.269 e. The van der Waals surface area contributed by atoms with Crippen LogP contribution in [0.15, 0.2) is 42.7 Å². The van der Waals surface area contributed by atoms with Crippen molar-refractivity contribution in [1.29, 1.82) is 0 Å². The highest BCUT2D eigenvalue weighted by Gasteiger charge is 2.10. The number of benzene rings is 2. The quantitative estimate of drug-likeness (QED) is 0.675. The Hall–Kier alpha value is -2.35. The van der Waals surface area contributed by atoms with Gasteiger partial charge in [0.25, 0.3) is 5.91 Å². The lowest BCUT2D eigenvalue weighted by molar-refractivity contribution is 0.0962. The fourth-order valence-electron chi connectivity index (χ4n) is 1.90. The molecule has 24 heavy (non-hydrogen) atoms. The lowest BCUT2D eigenvalue weighted by Gasteiger charge is -2.12. The molecule has 10 heteroatoms. The minimum atomic E-state index is -0.361. The third-order valence-corrected chi connectivity index (χ3v) is 3.87. The van der Waals surface area contributed by atoms with Gasteiger partial charge in [0.2, 0.25) is 0 Å². The lowest BCUT2D eigenvalue weighted by atomic mass is 10.2. The van der Waals surface area contributed by atoms with E-state index in [4.69, 9.17) is 34.8 Å². The summed E-state index contributed by atoms with van der Waals surface area (Å²) in [7, 11) is 0. The molecule has 1 amide bonds. The first-order valence-corrected chi connectivity index (χ1v) is 7.72. The van der Waals surface area contributed by atoms with Crippen LogP contribution in [0.1, 0.15) is 10.4 Å². The molecule has 0 aliphatic carbocycles. The Balaban J connectivity index is 1.69. The molecule has 0 fully saturated rings. The molecule has 7 nitrogen and oxygen atoms in total. The Morgan fingerprint density at radius 2 is 1.71 bits per heavy atom. The number of amides is 1. The molecular weight excluding hydrogens is 375 g/mol. The number of nitrogens with zero attached hydrogens (tertiary/aromatic N) is 4. The van der Waals surface area contributed by atoms with E-state index in [2.05, 4.69) is 26.4 Å². The molecule has 1 heterocycles. The molecule has 2 aromatic carbocycles. The summed E-state index contributed by atoms with van der Waals surface area (Å²) in [5, 5.41) is 11.9. The number of hydrogen-bond acceptors (Lipinski definition) is 5. The summed E-state index contributed by atoms with van der Waals surface area (Å²) in [4.78, 5) is 12.2. The van der Waals surface area contributed by atoms with E-state index in [9.17, 15) is 4.79 Å². The highest BCUT2D eigenvalue weighted by atomic mass is 35.5. The summed E-state index contributed by atoms with van der Waals surface area (Å²) in [6.07, 6.45) is 1.46. The van der Waals surface area contributed by atoms with Gasteiger partial charge in [0.05, 0.1) is 21.4 Å². The van der Waals surface area contributed by atoms with E-state index < -0.39 is 0 Å². The number of halogens is 3. The maximum atomic E-state index is 12.2. The van der Waals surface area contributed by atoms with Gasteiger partial charge in [0, 0.05) is 10.6 Å². The predicted octanol–water partition coefficient (Wildman–Crippen LogP) is 3.38. The van der Waals surface area contributed by atoms with Gasteiger partial charge in [-0.2, -0.15) is 0 Å². The van der Waals surface area contributed by atoms with Crippen LogP contribution in [0.3, 0.4) is 0 Å². The molecule has 0 spiro atoms. The van der Waals surface area contributed by atoms with Crippen molar-refractivity contribution in [2.24, 2.45) is 0 Å². The zero-order valence-electron chi connectivity index (χ0n) is 11.9. The molecule has 0 saturated carbocycles. The second-order valence-electron chi connectivity index (χ2n) is 4.62. The van der Waals surface area contributed by atoms with E-state index in [-0.39, 0.29) is 5.91 Å². The molecule has 0 aliphatic rings. The molecule has 122 valence electrons. The molecule has 0 atom stereocenters. The van der Waals surface area contributed by atoms with Crippen molar-refractivity contribution < 1.29 is 4.79 Å². The van der Waals surface area contributed by atoms with Gasteiger partial charge < -0.3 is 0 Å². The Labute approximate surface area is 151 Å². The fourth-order valence-corrected chi connectivity index (χ4v) is 2.81. The summed E-state index contributed by atoms with van der Waals surface area (Å²) in [5.74, 6) is -0.361. The van der Waals surface area contributed by atoms with Gasteiger partial charge in [-0.15, -0.1) is 5.10 Å². The van der Waals surface area contributed by atoms with Gasteiger partial charge in [-0.25, -0.2) is 4.68 Å². The largest absolute Gasteiger partial charge is 0.295 e. The zero-order valence-corrected chi connectivity index (χ0v) is 14.1. The second kappa shape index (κ2) is 7.04. The smallest absolute Gasteiger partial charge is 0.269 e. The van der Waals surface area contributed by atoms with Crippen molar-refractivity contribution in [2.45, 2.75) is 0 Å². The normalized spacial score (nSPS) is 10.5. The van der Waals surface area contributed by atoms with Crippen molar-refractivity contribution in [3.8, 4) is 5.69 Å². The molecule has 0 bridgehead atoms. The molecule has 0 unspecified atom stereocenters. The van der Waals surface area contributed by atoms with E-state index in [0.717, 1.165) is 5.69 Å². The number of rotatable bonds is 4. The second-order valence-corrected chi connectivity index (χ2v) is 5.88. The average Bonchev–Trinajstić information content (AvgIpc) is 3.08. The van der Waals surface area contributed by atoms with Crippen LogP contribution in [0.25, 0.3) is 5.69 Å². The van der Waals surface area contributed by atoms with Crippen LogP contribution in [-0.2, 0) is 0 Å². The third kappa shape index (κ3) is 3.59. The summed E-state index contributed by atoms with van der Waals surface area (Å²) >= 11 is 17.9. The number of aromatic nitrogens is 4. The maximum absolute atomic E-state index is 12.2. The van der Waals surface area contributed by atoms with Gasteiger partial charge in [-0.1, -0.05) is 34.8 Å². The van der Waals surface area contributed by atoms with Gasteiger partial charge in [-0.3, -0.25) is 15.6 Å². The van der Waals surface area contributed by atoms with Gasteiger partial charge >= 0.3 is 0 Å². The third-order valence-electron chi connectivity index (χ3n) is 3.05.